The van der Waals surface area contributed by atoms with Gasteiger partial charge in [0.2, 0.25) is 0 Å². The van der Waals surface area contributed by atoms with Crippen LogP contribution < -0.4 is 10.1 Å². The number of esters is 1. The summed E-state index contributed by atoms with van der Waals surface area (Å²) < 4.78 is 10.4. The fourth-order valence-electron chi connectivity index (χ4n) is 3.72. The van der Waals surface area contributed by atoms with E-state index in [1.165, 1.54) is 13.2 Å². The maximum Gasteiger partial charge on any atom is 0.342 e. The summed E-state index contributed by atoms with van der Waals surface area (Å²) in [6.45, 7) is 1.19. The Morgan fingerprint density at radius 1 is 0.971 bits per heavy atom. The van der Waals surface area contributed by atoms with Gasteiger partial charge < -0.3 is 14.8 Å². The number of nitrogens with zero attached hydrogens (tertiary/aromatic N) is 1. The number of anilines is 1. The SMILES string of the molecule is COc1ccc(CN2C(=O)c3ccccc3C2=O)cc1C(=O)OCC(=O)Nc1cccc(Cl)c1C. The van der Waals surface area contributed by atoms with E-state index in [-0.39, 0.29) is 17.9 Å². The Labute approximate surface area is 206 Å². The molecule has 0 spiro atoms. The minimum atomic E-state index is -0.788. The molecule has 8 nitrogen and oxygen atoms in total. The molecule has 1 aliphatic heterocycles. The number of imide groups is 1. The van der Waals surface area contributed by atoms with Crippen molar-refractivity contribution in [2.75, 3.05) is 19.0 Å². The van der Waals surface area contributed by atoms with Gasteiger partial charge in [-0.2, -0.15) is 0 Å². The maximum absolute atomic E-state index is 12.7. The molecule has 4 rings (SSSR count). The molecule has 1 aliphatic rings. The average molecular weight is 493 g/mol. The van der Waals surface area contributed by atoms with Gasteiger partial charge in [0.05, 0.1) is 24.8 Å². The van der Waals surface area contributed by atoms with E-state index < -0.39 is 30.3 Å². The van der Waals surface area contributed by atoms with Gasteiger partial charge in [0, 0.05) is 10.7 Å². The van der Waals surface area contributed by atoms with Gasteiger partial charge in [-0.25, -0.2) is 4.79 Å². The van der Waals surface area contributed by atoms with Crippen LogP contribution in [0.3, 0.4) is 0 Å². The number of amides is 3. The van der Waals surface area contributed by atoms with Crippen molar-refractivity contribution in [3.63, 3.8) is 0 Å². The molecule has 0 radical (unpaired) electrons. The number of carbonyl (C=O) groups is 4. The molecule has 178 valence electrons. The Morgan fingerprint density at radius 2 is 1.66 bits per heavy atom. The number of nitrogens with one attached hydrogen (secondary N) is 1. The van der Waals surface area contributed by atoms with Crippen LogP contribution in [0.2, 0.25) is 5.02 Å². The first-order valence-electron chi connectivity index (χ1n) is 10.6. The number of methoxy groups -OCH3 is 1. The molecular weight excluding hydrogens is 472 g/mol. The van der Waals surface area contributed by atoms with E-state index >= 15 is 0 Å². The van der Waals surface area contributed by atoms with Crippen LogP contribution in [-0.2, 0) is 16.1 Å². The van der Waals surface area contributed by atoms with Gasteiger partial charge in [0.1, 0.15) is 11.3 Å². The second-order valence-electron chi connectivity index (χ2n) is 7.81. The molecule has 0 atom stereocenters. The number of carbonyl (C=O) groups excluding carboxylic acids is 4. The predicted molar refractivity (Wildman–Crippen MR) is 129 cm³/mol. The van der Waals surface area contributed by atoms with Crippen LogP contribution in [0.4, 0.5) is 5.69 Å². The Bertz CT molecular complexity index is 1320. The van der Waals surface area contributed by atoms with Crippen molar-refractivity contribution in [1.29, 1.82) is 0 Å². The minimum absolute atomic E-state index is 0.0366. The number of rotatable bonds is 7. The zero-order valence-electron chi connectivity index (χ0n) is 19.0. The number of hydrogen-bond donors (Lipinski definition) is 1. The highest BCUT2D eigenvalue weighted by Crippen LogP contribution is 2.27. The fraction of sp³-hybridized carbons (Fsp3) is 0.154. The molecule has 1 N–H and O–H groups in total. The lowest BCUT2D eigenvalue weighted by molar-refractivity contribution is -0.119. The standard InChI is InChI=1S/C26H21ClN2O6/c1-15-20(27)8-5-9-21(15)28-23(30)14-35-26(33)19-12-16(10-11-22(19)34-2)13-29-24(31)17-6-3-4-7-18(17)25(29)32/h3-12H,13-14H2,1-2H3,(H,28,30). The summed E-state index contributed by atoms with van der Waals surface area (Å²) in [6.07, 6.45) is 0. The van der Waals surface area contributed by atoms with Crippen LogP contribution in [0, 0.1) is 6.92 Å². The maximum atomic E-state index is 12.7. The number of fused-ring (bicyclic) bond motifs is 1. The molecule has 0 saturated heterocycles. The van der Waals surface area contributed by atoms with Crippen molar-refractivity contribution in [3.05, 3.63) is 93.5 Å². The van der Waals surface area contributed by atoms with Gasteiger partial charge in [-0.15, -0.1) is 0 Å². The third kappa shape index (κ3) is 4.88. The average Bonchev–Trinajstić information content (AvgIpc) is 3.10. The van der Waals surface area contributed by atoms with E-state index in [2.05, 4.69) is 5.32 Å². The minimum Gasteiger partial charge on any atom is -0.496 e. The smallest absolute Gasteiger partial charge is 0.342 e. The van der Waals surface area contributed by atoms with Crippen molar-refractivity contribution in [3.8, 4) is 5.75 Å². The first kappa shape index (κ1) is 24.0. The summed E-state index contributed by atoms with van der Waals surface area (Å²) >= 11 is 6.06. The summed E-state index contributed by atoms with van der Waals surface area (Å²) in [5.74, 6) is -1.90. The van der Waals surface area contributed by atoms with Gasteiger partial charge in [-0.3, -0.25) is 19.3 Å². The predicted octanol–water partition coefficient (Wildman–Crippen LogP) is 4.25. The highest BCUT2D eigenvalue weighted by atomic mass is 35.5. The van der Waals surface area contributed by atoms with E-state index in [0.29, 0.717) is 33.0 Å². The second-order valence-corrected chi connectivity index (χ2v) is 8.22. The van der Waals surface area contributed by atoms with Gasteiger partial charge in [0.15, 0.2) is 6.61 Å². The molecule has 3 aromatic rings. The summed E-state index contributed by atoms with van der Waals surface area (Å²) in [4.78, 5) is 51.5. The molecule has 0 saturated carbocycles. The first-order chi connectivity index (χ1) is 16.8. The van der Waals surface area contributed by atoms with Gasteiger partial charge >= 0.3 is 5.97 Å². The quantitative estimate of drug-likeness (QED) is 0.391. The van der Waals surface area contributed by atoms with Crippen LogP contribution in [0.5, 0.6) is 5.75 Å². The normalized spacial score (nSPS) is 12.4. The molecule has 9 heteroatoms. The van der Waals surface area contributed by atoms with Crippen LogP contribution in [0.25, 0.3) is 0 Å². The van der Waals surface area contributed by atoms with E-state index in [0.717, 1.165) is 4.90 Å². The van der Waals surface area contributed by atoms with Crippen molar-refractivity contribution < 1.29 is 28.7 Å². The van der Waals surface area contributed by atoms with E-state index in [9.17, 15) is 19.2 Å². The summed E-state index contributed by atoms with van der Waals surface area (Å²) in [5.41, 5.74) is 2.47. The molecule has 0 unspecified atom stereocenters. The Balaban J connectivity index is 1.45. The fourth-order valence-corrected chi connectivity index (χ4v) is 3.89. The molecule has 3 amide bonds. The Morgan fingerprint density at radius 3 is 2.31 bits per heavy atom. The zero-order valence-corrected chi connectivity index (χ0v) is 19.7. The Hall–Kier alpha value is -4.17. The Kier molecular flexibility index (Phi) is 6.84. The molecule has 1 heterocycles. The number of ether oxygens (including phenoxy) is 2. The number of benzene rings is 3. The van der Waals surface area contributed by atoms with Crippen LogP contribution in [0.1, 0.15) is 42.2 Å². The lowest BCUT2D eigenvalue weighted by Crippen LogP contribution is -2.29. The summed E-state index contributed by atoms with van der Waals surface area (Å²) in [6, 6.07) is 16.3. The van der Waals surface area contributed by atoms with E-state index in [4.69, 9.17) is 21.1 Å². The summed E-state index contributed by atoms with van der Waals surface area (Å²) in [5, 5.41) is 3.15. The van der Waals surface area contributed by atoms with Gasteiger partial charge in [-0.1, -0.05) is 35.9 Å². The largest absolute Gasteiger partial charge is 0.496 e. The zero-order chi connectivity index (χ0) is 25.1. The lowest BCUT2D eigenvalue weighted by Gasteiger charge is -2.16. The number of halogens is 1. The first-order valence-corrected chi connectivity index (χ1v) is 11.0. The molecule has 0 aromatic heterocycles. The van der Waals surface area contributed by atoms with Crippen molar-refractivity contribution in [2.24, 2.45) is 0 Å². The highest BCUT2D eigenvalue weighted by molar-refractivity contribution is 6.31. The third-order valence-electron chi connectivity index (χ3n) is 5.58. The van der Waals surface area contributed by atoms with E-state index in [1.54, 1.807) is 61.5 Å². The molecule has 3 aromatic carbocycles. The molecule has 0 aliphatic carbocycles. The third-order valence-corrected chi connectivity index (χ3v) is 5.99. The molecule has 35 heavy (non-hydrogen) atoms. The topological polar surface area (TPSA) is 102 Å². The monoisotopic (exact) mass is 492 g/mol. The van der Waals surface area contributed by atoms with Crippen molar-refractivity contribution in [1.82, 2.24) is 4.90 Å². The van der Waals surface area contributed by atoms with Crippen LogP contribution in [0.15, 0.2) is 60.7 Å². The van der Waals surface area contributed by atoms with Crippen molar-refractivity contribution in [2.45, 2.75) is 13.5 Å². The molecule has 0 bridgehead atoms. The van der Waals surface area contributed by atoms with E-state index in [1.807, 2.05) is 0 Å². The number of hydrogen-bond acceptors (Lipinski definition) is 6. The highest BCUT2D eigenvalue weighted by Gasteiger charge is 2.35. The lowest BCUT2D eigenvalue weighted by atomic mass is 10.1. The summed E-state index contributed by atoms with van der Waals surface area (Å²) in [7, 11) is 1.39. The van der Waals surface area contributed by atoms with Crippen molar-refractivity contribution >= 4 is 41.0 Å². The van der Waals surface area contributed by atoms with Gasteiger partial charge in [-0.05, 0) is 54.4 Å². The van der Waals surface area contributed by atoms with Crippen LogP contribution >= 0.6 is 11.6 Å². The molecular formula is C26H21ClN2O6. The van der Waals surface area contributed by atoms with Crippen LogP contribution in [-0.4, -0.2) is 42.3 Å². The van der Waals surface area contributed by atoms with Gasteiger partial charge in [0.25, 0.3) is 17.7 Å². The second kappa shape index (κ2) is 9.99. The molecule has 0 fully saturated rings.